The number of benzene rings is 1. The molecule has 2 heterocycles. The first-order valence-electron chi connectivity index (χ1n) is 8.03. The summed E-state index contributed by atoms with van der Waals surface area (Å²) in [5.41, 5.74) is 0.711. The van der Waals surface area contributed by atoms with Crippen molar-refractivity contribution in [3.63, 3.8) is 0 Å². The molecule has 1 aliphatic rings. The predicted molar refractivity (Wildman–Crippen MR) is 94.3 cm³/mol. The van der Waals surface area contributed by atoms with Gasteiger partial charge in [0.25, 0.3) is 0 Å². The summed E-state index contributed by atoms with van der Waals surface area (Å²) in [7, 11) is -3.42. The Balaban J connectivity index is 1.65. The Hall–Kier alpha value is -1.34. The fraction of sp³-hybridized carbons (Fsp3) is 0.412. The van der Waals surface area contributed by atoms with Crippen LogP contribution in [0.15, 0.2) is 47.1 Å². The molecule has 1 aromatic heterocycles. The van der Waals surface area contributed by atoms with Crippen molar-refractivity contribution >= 4 is 21.6 Å². The Morgan fingerprint density at radius 3 is 2.50 bits per heavy atom. The molecule has 1 atom stereocenters. The van der Waals surface area contributed by atoms with E-state index in [1.807, 2.05) is 12.1 Å². The first-order chi connectivity index (χ1) is 11.5. The SMILES string of the molecule is O=S(=O)(Cc1ccc(Cl)cc1)NCC(c1ccco1)N1CCCC1. The predicted octanol–water partition coefficient (Wildman–Crippen LogP) is 3.19. The monoisotopic (exact) mass is 368 g/mol. The zero-order valence-electron chi connectivity index (χ0n) is 13.3. The van der Waals surface area contributed by atoms with Gasteiger partial charge in [0.05, 0.1) is 18.1 Å². The van der Waals surface area contributed by atoms with E-state index in [0.29, 0.717) is 17.1 Å². The minimum absolute atomic E-state index is 0.0605. The molecule has 0 aliphatic carbocycles. The average Bonchev–Trinajstić information content (AvgIpc) is 3.23. The number of sulfonamides is 1. The average molecular weight is 369 g/mol. The number of rotatable bonds is 7. The van der Waals surface area contributed by atoms with E-state index in [1.54, 1.807) is 30.5 Å². The second-order valence-electron chi connectivity index (χ2n) is 6.01. The lowest BCUT2D eigenvalue weighted by Crippen LogP contribution is -2.37. The van der Waals surface area contributed by atoms with Crippen LogP contribution >= 0.6 is 11.6 Å². The number of nitrogens with one attached hydrogen (secondary N) is 1. The molecular formula is C17H21ClN2O3S. The molecule has 24 heavy (non-hydrogen) atoms. The smallest absolute Gasteiger partial charge is 0.215 e. The van der Waals surface area contributed by atoms with E-state index >= 15 is 0 Å². The van der Waals surface area contributed by atoms with E-state index in [2.05, 4.69) is 9.62 Å². The van der Waals surface area contributed by atoms with Gasteiger partial charge in [-0.3, -0.25) is 4.90 Å². The molecule has 7 heteroatoms. The van der Waals surface area contributed by atoms with E-state index in [-0.39, 0.29) is 11.8 Å². The van der Waals surface area contributed by atoms with Crippen LogP contribution in [-0.4, -0.2) is 33.0 Å². The Morgan fingerprint density at radius 2 is 1.88 bits per heavy atom. The fourth-order valence-electron chi connectivity index (χ4n) is 3.00. The van der Waals surface area contributed by atoms with Crippen molar-refractivity contribution < 1.29 is 12.8 Å². The van der Waals surface area contributed by atoms with Crippen molar-refractivity contribution in [2.45, 2.75) is 24.6 Å². The molecule has 0 spiro atoms. The van der Waals surface area contributed by atoms with Crippen molar-refractivity contribution in [3.8, 4) is 0 Å². The van der Waals surface area contributed by atoms with Gasteiger partial charge in [0, 0.05) is 11.6 Å². The van der Waals surface area contributed by atoms with Gasteiger partial charge in [-0.05, 0) is 55.8 Å². The van der Waals surface area contributed by atoms with Crippen molar-refractivity contribution in [1.29, 1.82) is 0 Å². The second kappa shape index (κ2) is 7.70. The van der Waals surface area contributed by atoms with Gasteiger partial charge in [-0.2, -0.15) is 0 Å². The van der Waals surface area contributed by atoms with Crippen LogP contribution in [0.25, 0.3) is 0 Å². The normalized spacial score (nSPS) is 17.2. The van der Waals surface area contributed by atoms with E-state index in [0.717, 1.165) is 31.7 Å². The summed E-state index contributed by atoms with van der Waals surface area (Å²) in [6.45, 7) is 2.23. The summed E-state index contributed by atoms with van der Waals surface area (Å²) in [4.78, 5) is 2.27. The lowest BCUT2D eigenvalue weighted by Gasteiger charge is -2.25. The van der Waals surface area contributed by atoms with E-state index < -0.39 is 10.0 Å². The van der Waals surface area contributed by atoms with Crippen LogP contribution in [0, 0.1) is 0 Å². The Morgan fingerprint density at radius 1 is 1.17 bits per heavy atom. The molecule has 0 bridgehead atoms. The molecule has 130 valence electrons. The fourth-order valence-corrected chi connectivity index (χ4v) is 4.27. The molecular weight excluding hydrogens is 348 g/mol. The Labute approximate surface area is 147 Å². The van der Waals surface area contributed by atoms with E-state index in [4.69, 9.17) is 16.0 Å². The molecule has 1 saturated heterocycles. The largest absolute Gasteiger partial charge is 0.468 e. The van der Waals surface area contributed by atoms with Gasteiger partial charge < -0.3 is 4.42 Å². The molecule has 1 fully saturated rings. The first-order valence-corrected chi connectivity index (χ1v) is 10.1. The summed E-state index contributed by atoms with van der Waals surface area (Å²) in [5.74, 6) is 0.737. The standard InChI is InChI=1S/C17H21ClN2O3S/c18-15-7-5-14(6-8-15)13-24(21,22)19-12-16(17-4-3-11-23-17)20-9-1-2-10-20/h3-8,11,16,19H,1-2,9-10,12-13H2. The van der Waals surface area contributed by atoms with Gasteiger partial charge >= 0.3 is 0 Å². The highest BCUT2D eigenvalue weighted by molar-refractivity contribution is 7.88. The van der Waals surface area contributed by atoms with Crippen molar-refractivity contribution in [3.05, 3.63) is 59.0 Å². The highest BCUT2D eigenvalue weighted by Gasteiger charge is 2.27. The number of likely N-dealkylation sites (tertiary alicyclic amines) is 1. The van der Waals surface area contributed by atoms with Crippen LogP contribution in [0.1, 0.15) is 30.2 Å². The van der Waals surface area contributed by atoms with Crippen molar-refractivity contribution in [2.75, 3.05) is 19.6 Å². The lowest BCUT2D eigenvalue weighted by molar-refractivity contribution is 0.216. The molecule has 0 saturated carbocycles. The highest BCUT2D eigenvalue weighted by atomic mass is 35.5. The van der Waals surface area contributed by atoms with Crippen LogP contribution in [0.2, 0.25) is 5.02 Å². The quantitative estimate of drug-likeness (QED) is 0.815. The molecule has 3 rings (SSSR count). The summed E-state index contributed by atoms with van der Waals surface area (Å²) < 4.78 is 33.0. The minimum Gasteiger partial charge on any atom is -0.468 e. The van der Waals surface area contributed by atoms with Crippen LogP contribution in [-0.2, 0) is 15.8 Å². The van der Waals surface area contributed by atoms with Crippen LogP contribution in [0.4, 0.5) is 0 Å². The Kier molecular flexibility index (Phi) is 5.61. The van der Waals surface area contributed by atoms with Gasteiger partial charge in [-0.1, -0.05) is 23.7 Å². The molecule has 5 nitrogen and oxygen atoms in total. The second-order valence-corrected chi connectivity index (χ2v) is 8.25. The van der Waals surface area contributed by atoms with E-state index in [9.17, 15) is 8.42 Å². The Bertz CT molecular complexity index is 739. The molecule has 1 unspecified atom stereocenters. The molecule has 1 aromatic carbocycles. The van der Waals surface area contributed by atoms with Crippen LogP contribution in [0.3, 0.4) is 0 Å². The third-order valence-electron chi connectivity index (χ3n) is 4.22. The van der Waals surface area contributed by atoms with Gasteiger partial charge in [0.2, 0.25) is 10.0 Å². The molecule has 0 amide bonds. The zero-order valence-corrected chi connectivity index (χ0v) is 14.9. The molecule has 2 aromatic rings. The number of hydrogen-bond acceptors (Lipinski definition) is 4. The van der Waals surface area contributed by atoms with Crippen LogP contribution < -0.4 is 4.72 Å². The van der Waals surface area contributed by atoms with Gasteiger partial charge in [0.15, 0.2) is 0 Å². The van der Waals surface area contributed by atoms with Crippen molar-refractivity contribution in [2.24, 2.45) is 0 Å². The molecule has 0 radical (unpaired) electrons. The van der Waals surface area contributed by atoms with Gasteiger partial charge in [-0.15, -0.1) is 0 Å². The summed E-state index contributed by atoms with van der Waals surface area (Å²) in [6.07, 6.45) is 3.89. The molecule has 1 aliphatic heterocycles. The topological polar surface area (TPSA) is 62.6 Å². The maximum absolute atomic E-state index is 12.4. The zero-order chi connectivity index (χ0) is 17.0. The van der Waals surface area contributed by atoms with Gasteiger partial charge in [-0.25, -0.2) is 13.1 Å². The summed E-state index contributed by atoms with van der Waals surface area (Å²) >= 11 is 5.83. The summed E-state index contributed by atoms with van der Waals surface area (Å²) in [5, 5.41) is 0.594. The first kappa shape index (κ1) is 17.5. The maximum Gasteiger partial charge on any atom is 0.215 e. The summed E-state index contributed by atoms with van der Waals surface area (Å²) in [6, 6.07) is 10.5. The number of furan rings is 1. The van der Waals surface area contributed by atoms with E-state index in [1.165, 1.54) is 0 Å². The number of hydrogen-bond donors (Lipinski definition) is 1. The third kappa shape index (κ3) is 4.60. The highest BCUT2D eigenvalue weighted by Crippen LogP contribution is 2.25. The maximum atomic E-state index is 12.4. The van der Waals surface area contributed by atoms with Gasteiger partial charge in [0.1, 0.15) is 5.76 Å². The van der Waals surface area contributed by atoms with Crippen LogP contribution in [0.5, 0.6) is 0 Å². The third-order valence-corrected chi connectivity index (χ3v) is 5.79. The minimum atomic E-state index is -3.42. The molecule has 1 N–H and O–H groups in total. The lowest BCUT2D eigenvalue weighted by atomic mass is 10.2. The number of nitrogens with zero attached hydrogens (tertiary/aromatic N) is 1. The number of halogens is 1. The van der Waals surface area contributed by atoms with Crippen molar-refractivity contribution in [1.82, 2.24) is 9.62 Å².